The number of nitrogens with two attached hydrogens (primary N) is 1. The molecule has 0 aliphatic carbocycles. The van der Waals surface area contributed by atoms with Crippen LogP contribution in [0.2, 0.25) is 0 Å². The van der Waals surface area contributed by atoms with Crippen LogP contribution >= 0.6 is 11.3 Å². The summed E-state index contributed by atoms with van der Waals surface area (Å²) in [5.41, 5.74) is 7.39. The van der Waals surface area contributed by atoms with Gasteiger partial charge in [0.25, 0.3) is 16.0 Å². The van der Waals surface area contributed by atoms with Crippen molar-refractivity contribution in [1.29, 1.82) is 5.41 Å². The predicted molar refractivity (Wildman–Crippen MR) is 109 cm³/mol. The Bertz CT molecular complexity index is 1150. The lowest BCUT2D eigenvalue weighted by Gasteiger charge is -2.06. The Morgan fingerprint density at radius 1 is 1.21 bits per heavy atom. The highest BCUT2D eigenvalue weighted by Crippen LogP contribution is 2.35. The zero-order chi connectivity index (χ0) is 21.1. The number of nitrogens with one attached hydrogen (secondary N) is 2. The van der Waals surface area contributed by atoms with Gasteiger partial charge in [0.15, 0.2) is 5.96 Å². The van der Waals surface area contributed by atoms with Crippen LogP contribution in [0.25, 0.3) is 21.2 Å². The first kappa shape index (κ1) is 21.5. The van der Waals surface area contributed by atoms with Crippen molar-refractivity contribution in [3.05, 3.63) is 58.7 Å². The van der Waals surface area contributed by atoms with E-state index in [2.05, 4.69) is 5.32 Å². The van der Waals surface area contributed by atoms with Crippen molar-refractivity contribution in [3.8, 4) is 11.1 Å². The van der Waals surface area contributed by atoms with Crippen molar-refractivity contribution in [3.63, 3.8) is 0 Å². The van der Waals surface area contributed by atoms with E-state index in [-0.39, 0.29) is 5.82 Å². The van der Waals surface area contributed by atoms with Gasteiger partial charge in [0.05, 0.1) is 11.1 Å². The van der Waals surface area contributed by atoms with E-state index in [1.807, 2.05) is 25.1 Å². The zero-order valence-electron chi connectivity index (χ0n) is 15.0. The number of amides is 1. The van der Waals surface area contributed by atoms with Crippen LogP contribution in [0.1, 0.15) is 15.2 Å². The van der Waals surface area contributed by atoms with Gasteiger partial charge in [0.2, 0.25) is 0 Å². The van der Waals surface area contributed by atoms with Gasteiger partial charge in [-0.1, -0.05) is 23.8 Å². The molecule has 0 spiro atoms. The van der Waals surface area contributed by atoms with Crippen molar-refractivity contribution in [2.45, 2.75) is 6.92 Å². The number of carbonyl (C=O) groups excluding carboxylic acids is 1. The van der Waals surface area contributed by atoms with E-state index in [0.29, 0.717) is 16.7 Å². The molecule has 7 nitrogen and oxygen atoms in total. The van der Waals surface area contributed by atoms with Crippen LogP contribution in [-0.4, -0.2) is 31.1 Å². The monoisotopic (exact) mass is 423 g/mol. The van der Waals surface area contributed by atoms with Gasteiger partial charge >= 0.3 is 0 Å². The summed E-state index contributed by atoms with van der Waals surface area (Å²) in [6.07, 6.45) is 0.715. The average molecular weight is 423 g/mol. The number of fused-ring (bicyclic) bond motifs is 1. The highest BCUT2D eigenvalue weighted by atomic mass is 32.2. The van der Waals surface area contributed by atoms with Gasteiger partial charge in [-0.2, -0.15) is 8.42 Å². The Morgan fingerprint density at radius 3 is 2.46 bits per heavy atom. The summed E-state index contributed by atoms with van der Waals surface area (Å²) >= 11 is 1.28. The molecule has 0 aliphatic heterocycles. The second-order valence-corrected chi connectivity index (χ2v) is 8.46. The van der Waals surface area contributed by atoms with Crippen LogP contribution < -0.4 is 11.1 Å². The number of guanidine groups is 1. The van der Waals surface area contributed by atoms with Gasteiger partial charge in [-0.3, -0.25) is 20.1 Å². The highest BCUT2D eigenvalue weighted by Gasteiger charge is 2.15. The molecule has 3 rings (SSSR count). The molecular formula is C18H18FN3O4S2. The van der Waals surface area contributed by atoms with Crippen LogP contribution in [-0.2, 0) is 10.1 Å². The summed E-state index contributed by atoms with van der Waals surface area (Å²) < 4.78 is 40.9. The maximum absolute atomic E-state index is 14.2. The Morgan fingerprint density at radius 2 is 1.86 bits per heavy atom. The largest absolute Gasteiger partial charge is 0.370 e. The summed E-state index contributed by atoms with van der Waals surface area (Å²) in [5.74, 6) is -1.14. The maximum atomic E-state index is 14.2. The molecule has 2 aromatic carbocycles. The van der Waals surface area contributed by atoms with E-state index in [4.69, 9.17) is 15.7 Å². The third kappa shape index (κ3) is 5.84. The number of rotatable bonds is 2. The second-order valence-electron chi connectivity index (χ2n) is 5.91. The SMILES string of the molecule is CS(=O)(=O)O.Cc1ccc(F)c(-c2cccc3sc(C(=O)NC(=N)N)cc23)c1. The predicted octanol–water partition coefficient (Wildman–Crippen LogP) is 3.14. The number of hydrogen-bond donors (Lipinski definition) is 4. The van der Waals surface area contributed by atoms with Gasteiger partial charge < -0.3 is 5.73 Å². The summed E-state index contributed by atoms with van der Waals surface area (Å²) in [7, 11) is -3.67. The molecule has 1 aromatic heterocycles. The number of carbonyl (C=O) groups is 1. The molecule has 0 unspecified atom stereocenters. The molecule has 0 fully saturated rings. The summed E-state index contributed by atoms with van der Waals surface area (Å²) in [5, 5.41) is 10.2. The van der Waals surface area contributed by atoms with E-state index in [1.165, 1.54) is 17.4 Å². The van der Waals surface area contributed by atoms with Gasteiger partial charge in [-0.15, -0.1) is 11.3 Å². The minimum absolute atomic E-state index is 0.302. The fourth-order valence-electron chi connectivity index (χ4n) is 2.44. The normalized spacial score (nSPS) is 10.9. The molecule has 148 valence electrons. The lowest BCUT2D eigenvalue weighted by Crippen LogP contribution is -2.35. The lowest BCUT2D eigenvalue weighted by molar-refractivity contribution is 0.0980. The Balaban J connectivity index is 0.000000500. The molecular weight excluding hydrogens is 405 g/mol. The van der Waals surface area contributed by atoms with Crippen LogP contribution in [0.15, 0.2) is 42.5 Å². The van der Waals surface area contributed by atoms with E-state index >= 15 is 0 Å². The summed E-state index contributed by atoms with van der Waals surface area (Å²) in [4.78, 5) is 12.4. The number of benzene rings is 2. The lowest BCUT2D eigenvalue weighted by atomic mass is 9.99. The summed E-state index contributed by atoms with van der Waals surface area (Å²) in [6.45, 7) is 1.91. The minimum atomic E-state index is -3.67. The molecule has 3 aromatic rings. The van der Waals surface area contributed by atoms with E-state index in [1.54, 1.807) is 18.2 Å². The van der Waals surface area contributed by atoms with Crippen molar-refractivity contribution in [2.24, 2.45) is 5.73 Å². The van der Waals surface area contributed by atoms with Gasteiger partial charge in [-0.05, 0) is 36.8 Å². The van der Waals surface area contributed by atoms with Crippen molar-refractivity contribution < 1.29 is 22.2 Å². The Kier molecular flexibility index (Phi) is 6.49. The van der Waals surface area contributed by atoms with Crippen LogP contribution in [0.3, 0.4) is 0 Å². The zero-order valence-corrected chi connectivity index (χ0v) is 16.6. The number of thiophene rings is 1. The third-order valence-corrected chi connectivity index (χ3v) is 4.54. The minimum Gasteiger partial charge on any atom is -0.370 e. The van der Waals surface area contributed by atoms with Crippen LogP contribution in [0.4, 0.5) is 4.39 Å². The molecule has 5 N–H and O–H groups in total. The number of halogens is 1. The highest BCUT2D eigenvalue weighted by molar-refractivity contribution is 7.85. The first-order valence-electron chi connectivity index (χ1n) is 7.82. The second kappa shape index (κ2) is 8.46. The molecule has 10 heteroatoms. The van der Waals surface area contributed by atoms with E-state index < -0.39 is 22.0 Å². The van der Waals surface area contributed by atoms with E-state index in [0.717, 1.165) is 21.2 Å². The fourth-order valence-corrected chi connectivity index (χ4v) is 3.42. The van der Waals surface area contributed by atoms with Gasteiger partial charge in [0.1, 0.15) is 5.82 Å². The van der Waals surface area contributed by atoms with Crippen LogP contribution in [0, 0.1) is 18.2 Å². The third-order valence-electron chi connectivity index (χ3n) is 3.45. The van der Waals surface area contributed by atoms with Crippen LogP contribution in [0.5, 0.6) is 0 Å². The molecule has 0 aliphatic rings. The van der Waals surface area contributed by atoms with Crippen molar-refractivity contribution in [2.75, 3.05) is 6.26 Å². The van der Waals surface area contributed by atoms with E-state index in [9.17, 15) is 17.6 Å². The number of aryl methyl sites for hydroxylation is 1. The maximum Gasteiger partial charge on any atom is 0.268 e. The molecule has 0 bridgehead atoms. The average Bonchev–Trinajstić information content (AvgIpc) is 2.99. The fraction of sp³-hybridized carbons (Fsp3) is 0.111. The first-order valence-corrected chi connectivity index (χ1v) is 10.5. The standard InChI is InChI=1S/C17H14FN3OS.CH4O3S/c1-9-5-6-13(18)11(7-9)10-3-2-4-14-12(10)8-15(23-14)16(22)21-17(19)20;1-5(2,3)4/h2-8H,1H3,(H4,19,20,21,22);1H3,(H,2,3,4). The smallest absolute Gasteiger partial charge is 0.268 e. The summed E-state index contributed by atoms with van der Waals surface area (Å²) in [6, 6.07) is 12.2. The Labute approximate surface area is 165 Å². The molecule has 0 radical (unpaired) electrons. The molecule has 28 heavy (non-hydrogen) atoms. The molecule has 0 atom stereocenters. The van der Waals surface area contributed by atoms with Crippen molar-refractivity contribution in [1.82, 2.24) is 5.32 Å². The molecule has 0 saturated carbocycles. The van der Waals surface area contributed by atoms with Crippen molar-refractivity contribution >= 4 is 43.4 Å². The topological polar surface area (TPSA) is 133 Å². The first-order chi connectivity index (χ1) is 13.0. The molecule has 1 amide bonds. The molecule has 1 heterocycles. The Hall–Kier alpha value is -2.82. The number of hydrogen-bond acceptors (Lipinski definition) is 5. The molecule has 0 saturated heterocycles. The van der Waals surface area contributed by atoms with Gasteiger partial charge in [-0.25, -0.2) is 4.39 Å². The van der Waals surface area contributed by atoms with Gasteiger partial charge in [0, 0.05) is 15.6 Å². The quantitative estimate of drug-likeness (QED) is 0.285.